The van der Waals surface area contributed by atoms with Crippen molar-refractivity contribution >= 4 is 21.8 Å². The fourth-order valence-corrected chi connectivity index (χ4v) is 4.80. The Bertz CT molecular complexity index is 543. The lowest BCUT2D eigenvalue weighted by atomic mass is 10.2. The fourth-order valence-electron chi connectivity index (χ4n) is 2.03. The summed E-state index contributed by atoms with van der Waals surface area (Å²) in [5.41, 5.74) is 0.571. The van der Waals surface area contributed by atoms with Crippen LogP contribution in [0.4, 0.5) is 4.39 Å². The molecule has 1 saturated heterocycles. The summed E-state index contributed by atoms with van der Waals surface area (Å²) in [4.78, 5) is 0.0266. The minimum atomic E-state index is -3.66. The third-order valence-corrected chi connectivity index (χ3v) is 5.70. The van der Waals surface area contributed by atoms with E-state index in [-0.39, 0.29) is 10.9 Å². The van der Waals surface area contributed by atoms with E-state index in [9.17, 15) is 12.8 Å². The Hall–Kier alpha value is -0.630. The fraction of sp³-hybridized carbons (Fsp3) is 0.500. The Morgan fingerprint density at radius 2 is 2.26 bits per heavy atom. The van der Waals surface area contributed by atoms with Gasteiger partial charge in [0, 0.05) is 18.3 Å². The number of hydrogen-bond donors (Lipinski definition) is 2. The van der Waals surface area contributed by atoms with Crippen LogP contribution in [0.2, 0.25) is 0 Å². The highest BCUT2D eigenvalue weighted by molar-refractivity contribution is 7.99. The first-order chi connectivity index (χ1) is 9.03. The zero-order chi connectivity index (χ0) is 13.9. The first-order valence-corrected chi connectivity index (χ1v) is 8.70. The lowest BCUT2D eigenvalue weighted by molar-refractivity contribution is 0.558. The molecule has 1 aromatic rings. The summed E-state index contributed by atoms with van der Waals surface area (Å²) >= 11 is 1.72. The minimum absolute atomic E-state index is 0.0266. The van der Waals surface area contributed by atoms with Gasteiger partial charge in [-0.15, -0.1) is 0 Å². The molecule has 106 valence electrons. The Balaban J connectivity index is 2.29. The zero-order valence-corrected chi connectivity index (χ0v) is 12.3. The third-order valence-electron chi connectivity index (χ3n) is 2.94. The Morgan fingerprint density at radius 1 is 1.47 bits per heavy atom. The van der Waals surface area contributed by atoms with Gasteiger partial charge in [-0.2, -0.15) is 11.8 Å². The largest absolute Gasteiger partial charge is 0.316 e. The first-order valence-electron chi connectivity index (χ1n) is 6.06. The van der Waals surface area contributed by atoms with Gasteiger partial charge >= 0.3 is 0 Å². The van der Waals surface area contributed by atoms with Crippen molar-refractivity contribution < 1.29 is 12.8 Å². The number of halogens is 1. The van der Waals surface area contributed by atoms with Crippen molar-refractivity contribution in [1.82, 2.24) is 10.0 Å². The summed E-state index contributed by atoms with van der Waals surface area (Å²) in [6.07, 6.45) is 0.820. The summed E-state index contributed by atoms with van der Waals surface area (Å²) in [5, 5.41) is 2.89. The van der Waals surface area contributed by atoms with Gasteiger partial charge in [-0.3, -0.25) is 0 Å². The molecule has 4 nitrogen and oxygen atoms in total. The third kappa shape index (κ3) is 3.68. The van der Waals surface area contributed by atoms with E-state index in [2.05, 4.69) is 10.0 Å². The summed E-state index contributed by atoms with van der Waals surface area (Å²) in [6.45, 7) is 0.385. The second-order valence-electron chi connectivity index (χ2n) is 4.46. The average Bonchev–Trinajstić information content (AvgIpc) is 2.83. The van der Waals surface area contributed by atoms with Crippen LogP contribution < -0.4 is 10.0 Å². The van der Waals surface area contributed by atoms with E-state index in [1.807, 2.05) is 0 Å². The number of sulfonamides is 1. The van der Waals surface area contributed by atoms with Gasteiger partial charge < -0.3 is 5.32 Å². The van der Waals surface area contributed by atoms with Crippen LogP contribution in [0.15, 0.2) is 23.1 Å². The standard InChI is InChI=1S/C12H17FN2O2S2/c1-14-7-9-2-3-10(13)6-12(9)19(16,17)15-11-4-5-18-8-11/h2-3,6,11,14-15H,4-5,7-8H2,1H3. The maximum Gasteiger partial charge on any atom is 0.241 e. The number of benzene rings is 1. The molecule has 0 radical (unpaired) electrons. The lowest BCUT2D eigenvalue weighted by Gasteiger charge is -2.15. The Labute approximate surface area is 117 Å². The van der Waals surface area contributed by atoms with Gasteiger partial charge in [-0.05, 0) is 36.9 Å². The number of hydrogen-bond acceptors (Lipinski definition) is 4. The highest BCUT2D eigenvalue weighted by Crippen LogP contribution is 2.22. The molecule has 1 unspecified atom stereocenters. The van der Waals surface area contributed by atoms with Crippen molar-refractivity contribution in [2.24, 2.45) is 0 Å². The van der Waals surface area contributed by atoms with E-state index >= 15 is 0 Å². The van der Waals surface area contributed by atoms with Gasteiger partial charge in [0.2, 0.25) is 10.0 Å². The van der Waals surface area contributed by atoms with E-state index in [1.54, 1.807) is 18.8 Å². The molecule has 0 bridgehead atoms. The maximum absolute atomic E-state index is 13.3. The highest BCUT2D eigenvalue weighted by Gasteiger charge is 2.25. The van der Waals surface area contributed by atoms with E-state index in [1.165, 1.54) is 12.1 Å². The number of nitrogens with one attached hydrogen (secondary N) is 2. The summed E-state index contributed by atoms with van der Waals surface area (Å²) in [6, 6.07) is 3.80. The predicted molar refractivity (Wildman–Crippen MR) is 75.2 cm³/mol. The van der Waals surface area contributed by atoms with Crippen LogP contribution in [-0.4, -0.2) is 33.0 Å². The second kappa shape index (κ2) is 6.21. The molecular weight excluding hydrogens is 287 g/mol. The van der Waals surface area contributed by atoms with Gasteiger partial charge in [0.15, 0.2) is 0 Å². The van der Waals surface area contributed by atoms with E-state index < -0.39 is 15.8 Å². The van der Waals surface area contributed by atoms with E-state index in [0.29, 0.717) is 12.1 Å². The molecule has 1 aromatic carbocycles. The van der Waals surface area contributed by atoms with Gasteiger partial charge in [-0.1, -0.05) is 6.07 Å². The average molecular weight is 304 g/mol. The van der Waals surface area contributed by atoms with Gasteiger partial charge in [0.1, 0.15) is 5.82 Å². The summed E-state index contributed by atoms with van der Waals surface area (Å²) in [7, 11) is -1.94. The quantitative estimate of drug-likeness (QED) is 0.861. The first kappa shape index (κ1) is 14.8. The van der Waals surface area contributed by atoms with Crippen LogP contribution in [0.3, 0.4) is 0 Å². The van der Waals surface area contributed by atoms with Crippen LogP contribution in [0.25, 0.3) is 0 Å². The summed E-state index contributed by atoms with van der Waals surface area (Å²) < 4.78 is 40.6. The van der Waals surface area contributed by atoms with Crippen LogP contribution in [0.1, 0.15) is 12.0 Å². The highest BCUT2D eigenvalue weighted by atomic mass is 32.2. The molecule has 0 spiro atoms. The van der Waals surface area contributed by atoms with Crippen molar-refractivity contribution in [3.63, 3.8) is 0 Å². The van der Waals surface area contributed by atoms with Crippen molar-refractivity contribution in [3.8, 4) is 0 Å². The van der Waals surface area contributed by atoms with Gasteiger partial charge in [-0.25, -0.2) is 17.5 Å². The Morgan fingerprint density at radius 3 is 2.89 bits per heavy atom. The lowest BCUT2D eigenvalue weighted by Crippen LogP contribution is -2.35. The second-order valence-corrected chi connectivity index (χ2v) is 7.30. The maximum atomic E-state index is 13.3. The topological polar surface area (TPSA) is 58.2 Å². The molecule has 0 amide bonds. The molecule has 0 aromatic heterocycles. The predicted octanol–water partition coefficient (Wildman–Crippen LogP) is 1.33. The molecule has 1 aliphatic rings. The molecule has 2 N–H and O–H groups in total. The normalized spacial score (nSPS) is 19.8. The van der Waals surface area contributed by atoms with Crippen molar-refractivity contribution in [3.05, 3.63) is 29.6 Å². The SMILES string of the molecule is CNCc1ccc(F)cc1S(=O)(=O)NC1CCSC1. The minimum Gasteiger partial charge on any atom is -0.316 e. The van der Waals surface area contributed by atoms with Crippen molar-refractivity contribution in [2.45, 2.75) is 23.9 Å². The molecule has 1 fully saturated rings. The van der Waals surface area contributed by atoms with Gasteiger partial charge in [0.05, 0.1) is 4.90 Å². The van der Waals surface area contributed by atoms with Crippen molar-refractivity contribution in [2.75, 3.05) is 18.6 Å². The molecule has 1 aliphatic heterocycles. The smallest absolute Gasteiger partial charge is 0.241 e. The molecule has 0 aliphatic carbocycles. The molecule has 0 saturated carbocycles. The van der Waals surface area contributed by atoms with Gasteiger partial charge in [0.25, 0.3) is 0 Å². The monoisotopic (exact) mass is 304 g/mol. The zero-order valence-electron chi connectivity index (χ0n) is 10.6. The van der Waals surface area contributed by atoms with Crippen LogP contribution >= 0.6 is 11.8 Å². The molecule has 19 heavy (non-hydrogen) atoms. The van der Waals surface area contributed by atoms with Crippen LogP contribution in [0, 0.1) is 5.82 Å². The molecular formula is C12H17FN2O2S2. The van der Waals surface area contributed by atoms with E-state index in [0.717, 1.165) is 24.0 Å². The van der Waals surface area contributed by atoms with Crippen LogP contribution in [-0.2, 0) is 16.6 Å². The van der Waals surface area contributed by atoms with Crippen molar-refractivity contribution in [1.29, 1.82) is 0 Å². The van der Waals surface area contributed by atoms with Crippen LogP contribution in [0.5, 0.6) is 0 Å². The molecule has 1 atom stereocenters. The summed E-state index contributed by atoms with van der Waals surface area (Å²) in [5.74, 6) is 1.19. The molecule has 2 rings (SSSR count). The Kier molecular flexibility index (Phi) is 4.83. The number of thioether (sulfide) groups is 1. The molecule has 7 heteroatoms. The number of rotatable bonds is 5. The molecule has 1 heterocycles. The van der Waals surface area contributed by atoms with E-state index in [4.69, 9.17) is 0 Å².